The first-order chi connectivity index (χ1) is 10.2. The summed E-state index contributed by atoms with van der Waals surface area (Å²) in [6.07, 6.45) is 2.64. The quantitative estimate of drug-likeness (QED) is 0.875. The van der Waals surface area contributed by atoms with Crippen LogP contribution < -0.4 is 10.5 Å². The molecule has 1 aliphatic rings. The summed E-state index contributed by atoms with van der Waals surface area (Å²) in [6, 6.07) is 8.44. The number of hydrogen-bond donors (Lipinski definition) is 1. The maximum absolute atomic E-state index is 6.44. The Labute approximate surface area is 128 Å². The Kier molecular flexibility index (Phi) is 6.03. The van der Waals surface area contributed by atoms with Gasteiger partial charge in [-0.25, -0.2) is 0 Å². The molecule has 1 heterocycles. The van der Waals surface area contributed by atoms with Crippen molar-refractivity contribution >= 4 is 0 Å². The van der Waals surface area contributed by atoms with Crippen LogP contribution in [0.5, 0.6) is 5.75 Å². The molecule has 4 nitrogen and oxygen atoms in total. The summed E-state index contributed by atoms with van der Waals surface area (Å²) in [5.41, 5.74) is 7.60. The van der Waals surface area contributed by atoms with Crippen LogP contribution in [0.25, 0.3) is 0 Å². The molecule has 0 saturated carbocycles. The normalized spacial score (nSPS) is 20.2. The van der Waals surface area contributed by atoms with Crippen molar-refractivity contribution in [3.8, 4) is 5.75 Å². The van der Waals surface area contributed by atoms with Crippen LogP contribution in [0.4, 0.5) is 0 Å². The number of nitrogens with two attached hydrogens (primary N) is 1. The van der Waals surface area contributed by atoms with Gasteiger partial charge in [0.2, 0.25) is 0 Å². The van der Waals surface area contributed by atoms with Crippen molar-refractivity contribution in [1.82, 2.24) is 4.90 Å². The van der Waals surface area contributed by atoms with E-state index >= 15 is 0 Å². The number of hydrogen-bond acceptors (Lipinski definition) is 4. The molecule has 2 unspecified atom stereocenters. The summed E-state index contributed by atoms with van der Waals surface area (Å²) in [4.78, 5) is 2.48. The monoisotopic (exact) mass is 292 g/mol. The number of ether oxygens (including phenoxy) is 2. The molecule has 1 aromatic carbocycles. The second kappa shape index (κ2) is 7.78. The van der Waals surface area contributed by atoms with Crippen LogP contribution >= 0.6 is 0 Å². The molecule has 2 atom stereocenters. The molecule has 0 radical (unpaired) electrons. The number of benzene rings is 1. The zero-order valence-electron chi connectivity index (χ0n) is 13.4. The number of rotatable bonds is 6. The molecule has 2 N–H and O–H groups in total. The van der Waals surface area contributed by atoms with Crippen molar-refractivity contribution in [1.29, 1.82) is 0 Å². The van der Waals surface area contributed by atoms with Crippen LogP contribution in [0.2, 0.25) is 0 Å². The van der Waals surface area contributed by atoms with Crippen molar-refractivity contribution in [2.45, 2.75) is 44.9 Å². The maximum Gasteiger partial charge on any atom is 0.118 e. The summed E-state index contributed by atoms with van der Waals surface area (Å²) >= 11 is 0. The van der Waals surface area contributed by atoms with Crippen LogP contribution in [-0.4, -0.2) is 43.9 Å². The third-order valence-corrected chi connectivity index (χ3v) is 4.48. The molecule has 0 bridgehead atoms. The zero-order valence-corrected chi connectivity index (χ0v) is 13.4. The Bertz CT molecular complexity index is 413. The number of piperidine rings is 1. The SMILES string of the molecule is CCOC1CCN(C(C)C(N)c2ccc(OC)cc2)CC1. The molecule has 1 aliphatic heterocycles. The summed E-state index contributed by atoms with van der Waals surface area (Å²) in [5.74, 6) is 0.871. The molecular formula is C17H28N2O2. The lowest BCUT2D eigenvalue weighted by molar-refractivity contribution is 0.00309. The first-order valence-electron chi connectivity index (χ1n) is 7.91. The van der Waals surface area contributed by atoms with Crippen molar-refractivity contribution in [2.24, 2.45) is 5.73 Å². The first-order valence-corrected chi connectivity index (χ1v) is 7.91. The third-order valence-electron chi connectivity index (χ3n) is 4.48. The summed E-state index contributed by atoms with van der Waals surface area (Å²) < 4.78 is 10.9. The van der Waals surface area contributed by atoms with E-state index in [-0.39, 0.29) is 6.04 Å². The first kappa shape index (κ1) is 16.3. The van der Waals surface area contributed by atoms with Crippen LogP contribution in [0.15, 0.2) is 24.3 Å². The summed E-state index contributed by atoms with van der Waals surface area (Å²) in [7, 11) is 1.68. The fourth-order valence-electron chi connectivity index (χ4n) is 3.02. The maximum atomic E-state index is 6.44. The lowest BCUT2D eigenvalue weighted by Gasteiger charge is -2.38. The molecule has 1 fully saturated rings. The van der Waals surface area contributed by atoms with Crippen LogP contribution in [0.1, 0.15) is 38.3 Å². The van der Waals surface area contributed by atoms with Gasteiger partial charge in [-0.15, -0.1) is 0 Å². The number of methoxy groups -OCH3 is 1. The van der Waals surface area contributed by atoms with Crippen molar-refractivity contribution in [2.75, 3.05) is 26.8 Å². The minimum Gasteiger partial charge on any atom is -0.497 e. The van der Waals surface area contributed by atoms with E-state index in [1.165, 1.54) is 0 Å². The standard InChI is InChI=1S/C17H28N2O2/c1-4-21-16-9-11-19(12-10-16)13(2)17(18)14-5-7-15(20-3)8-6-14/h5-8,13,16-17H,4,9-12,18H2,1-3H3. The summed E-state index contributed by atoms with van der Waals surface area (Å²) in [5, 5.41) is 0. The highest BCUT2D eigenvalue weighted by molar-refractivity contribution is 5.29. The molecule has 1 saturated heterocycles. The Morgan fingerprint density at radius 3 is 2.38 bits per heavy atom. The van der Waals surface area contributed by atoms with Gasteiger partial charge in [0.25, 0.3) is 0 Å². The van der Waals surface area contributed by atoms with E-state index in [1.54, 1.807) is 7.11 Å². The topological polar surface area (TPSA) is 47.7 Å². The van der Waals surface area contributed by atoms with Gasteiger partial charge in [0, 0.05) is 31.8 Å². The fraction of sp³-hybridized carbons (Fsp3) is 0.647. The average molecular weight is 292 g/mol. The minimum atomic E-state index is 0.0274. The van der Waals surface area contributed by atoms with E-state index in [0.717, 1.165) is 43.9 Å². The van der Waals surface area contributed by atoms with E-state index in [9.17, 15) is 0 Å². The van der Waals surface area contributed by atoms with Crippen LogP contribution in [0.3, 0.4) is 0 Å². The van der Waals surface area contributed by atoms with E-state index < -0.39 is 0 Å². The van der Waals surface area contributed by atoms with Crippen molar-refractivity contribution in [3.63, 3.8) is 0 Å². The second-order valence-corrected chi connectivity index (χ2v) is 5.73. The van der Waals surface area contributed by atoms with Gasteiger partial charge in [-0.3, -0.25) is 4.90 Å². The smallest absolute Gasteiger partial charge is 0.118 e. The van der Waals surface area contributed by atoms with Gasteiger partial charge in [-0.05, 0) is 44.4 Å². The molecule has 118 valence electrons. The Morgan fingerprint density at radius 1 is 1.24 bits per heavy atom. The van der Waals surface area contributed by atoms with Gasteiger partial charge in [0.1, 0.15) is 5.75 Å². The molecule has 4 heteroatoms. The van der Waals surface area contributed by atoms with E-state index in [4.69, 9.17) is 15.2 Å². The van der Waals surface area contributed by atoms with Gasteiger partial charge >= 0.3 is 0 Å². The van der Waals surface area contributed by atoms with Gasteiger partial charge < -0.3 is 15.2 Å². The number of likely N-dealkylation sites (tertiary alicyclic amines) is 1. The van der Waals surface area contributed by atoms with E-state index in [2.05, 4.69) is 30.9 Å². The molecule has 21 heavy (non-hydrogen) atoms. The van der Waals surface area contributed by atoms with Crippen LogP contribution in [0, 0.1) is 0 Å². The molecule has 0 aliphatic carbocycles. The van der Waals surface area contributed by atoms with Gasteiger partial charge in [-0.1, -0.05) is 12.1 Å². The summed E-state index contributed by atoms with van der Waals surface area (Å²) in [6.45, 7) is 7.22. The molecule has 0 aromatic heterocycles. The van der Waals surface area contributed by atoms with Gasteiger partial charge in [0.05, 0.1) is 13.2 Å². The molecule has 0 spiro atoms. The predicted molar refractivity (Wildman–Crippen MR) is 85.6 cm³/mol. The van der Waals surface area contributed by atoms with Crippen molar-refractivity contribution < 1.29 is 9.47 Å². The van der Waals surface area contributed by atoms with Crippen LogP contribution in [-0.2, 0) is 4.74 Å². The Hall–Kier alpha value is -1.10. The third kappa shape index (κ3) is 4.19. The van der Waals surface area contributed by atoms with E-state index in [0.29, 0.717) is 12.1 Å². The second-order valence-electron chi connectivity index (χ2n) is 5.73. The average Bonchev–Trinajstić information content (AvgIpc) is 2.54. The molecular weight excluding hydrogens is 264 g/mol. The van der Waals surface area contributed by atoms with Gasteiger partial charge in [0.15, 0.2) is 0 Å². The molecule has 2 rings (SSSR count). The van der Waals surface area contributed by atoms with Crippen molar-refractivity contribution in [3.05, 3.63) is 29.8 Å². The highest BCUT2D eigenvalue weighted by Crippen LogP contribution is 2.24. The minimum absolute atomic E-state index is 0.0274. The fourth-order valence-corrected chi connectivity index (χ4v) is 3.02. The lowest BCUT2D eigenvalue weighted by Crippen LogP contribution is -2.46. The Balaban J connectivity index is 1.91. The lowest BCUT2D eigenvalue weighted by atomic mass is 9.97. The highest BCUT2D eigenvalue weighted by Gasteiger charge is 2.26. The zero-order chi connectivity index (χ0) is 15.2. The van der Waals surface area contributed by atoms with E-state index in [1.807, 2.05) is 12.1 Å². The number of nitrogens with zero attached hydrogens (tertiary/aromatic N) is 1. The molecule has 0 amide bonds. The molecule has 1 aromatic rings. The predicted octanol–water partition coefficient (Wildman–Crippen LogP) is 2.58. The highest BCUT2D eigenvalue weighted by atomic mass is 16.5. The largest absolute Gasteiger partial charge is 0.497 e. The Morgan fingerprint density at radius 2 is 1.86 bits per heavy atom. The van der Waals surface area contributed by atoms with Gasteiger partial charge in [-0.2, -0.15) is 0 Å².